The van der Waals surface area contributed by atoms with Crippen LogP contribution in [0.25, 0.3) is 0 Å². The monoisotopic (exact) mass is 371 g/mol. The highest BCUT2D eigenvalue weighted by Gasteiger charge is 2.08. The van der Waals surface area contributed by atoms with E-state index in [0.29, 0.717) is 12.1 Å². The molecule has 2 aromatic carbocycles. The lowest BCUT2D eigenvalue weighted by molar-refractivity contribution is 0.0472. The number of guanidine groups is 1. The molecule has 0 unspecified atom stereocenters. The molecule has 0 amide bonds. The van der Waals surface area contributed by atoms with Crippen LogP contribution in [0.3, 0.4) is 0 Å². The summed E-state index contributed by atoms with van der Waals surface area (Å²) in [6.45, 7) is 1.71. The van der Waals surface area contributed by atoms with Crippen LogP contribution in [0.5, 0.6) is 0 Å². The molecule has 0 fully saturated rings. The molecular formula is C20H25N3O2S. The molecule has 0 aliphatic carbocycles. The molecule has 0 atom stereocenters. The van der Waals surface area contributed by atoms with Crippen molar-refractivity contribution in [3.63, 3.8) is 0 Å². The van der Waals surface area contributed by atoms with Crippen molar-refractivity contribution in [2.45, 2.75) is 13.2 Å². The largest absolute Gasteiger partial charge is 0.457 e. The maximum Gasteiger partial charge on any atom is 0.338 e. The fourth-order valence-corrected chi connectivity index (χ4v) is 2.60. The summed E-state index contributed by atoms with van der Waals surface area (Å²) in [6, 6.07) is 17.1. The molecule has 0 aliphatic heterocycles. The van der Waals surface area contributed by atoms with Gasteiger partial charge in [-0.1, -0.05) is 42.5 Å². The Morgan fingerprint density at radius 2 is 1.85 bits per heavy atom. The summed E-state index contributed by atoms with van der Waals surface area (Å²) >= 11 is 1.78. The fourth-order valence-electron chi connectivity index (χ4n) is 2.29. The van der Waals surface area contributed by atoms with Gasteiger partial charge in [-0.15, -0.1) is 0 Å². The van der Waals surface area contributed by atoms with Crippen LogP contribution in [0, 0.1) is 0 Å². The van der Waals surface area contributed by atoms with Gasteiger partial charge >= 0.3 is 5.97 Å². The summed E-state index contributed by atoms with van der Waals surface area (Å²) in [5, 5.41) is 6.49. The molecule has 0 radical (unpaired) electrons. The van der Waals surface area contributed by atoms with Crippen LogP contribution in [0.2, 0.25) is 0 Å². The van der Waals surface area contributed by atoms with E-state index in [0.717, 1.165) is 29.4 Å². The summed E-state index contributed by atoms with van der Waals surface area (Å²) in [4.78, 5) is 16.4. The van der Waals surface area contributed by atoms with Crippen LogP contribution < -0.4 is 10.6 Å². The molecule has 0 saturated heterocycles. The van der Waals surface area contributed by atoms with Crippen molar-refractivity contribution in [2.75, 3.05) is 25.6 Å². The first-order valence-corrected chi connectivity index (χ1v) is 9.85. The van der Waals surface area contributed by atoms with Gasteiger partial charge in [-0.05, 0) is 29.5 Å². The average Bonchev–Trinajstić information content (AvgIpc) is 2.69. The molecule has 138 valence electrons. The van der Waals surface area contributed by atoms with E-state index in [1.165, 1.54) is 0 Å². The third kappa shape index (κ3) is 6.80. The molecule has 2 N–H and O–H groups in total. The minimum atomic E-state index is -0.321. The number of carbonyl (C=O) groups is 1. The first-order valence-electron chi connectivity index (χ1n) is 8.46. The van der Waals surface area contributed by atoms with Gasteiger partial charge in [-0.3, -0.25) is 4.99 Å². The van der Waals surface area contributed by atoms with Gasteiger partial charge in [-0.2, -0.15) is 11.8 Å². The number of hydrogen-bond acceptors (Lipinski definition) is 4. The van der Waals surface area contributed by atoms with Gasteiger partial charge in [-0.25, -0.2) is 4.79 Å². The number of thioether (sulfide) groups is 1. The number of nitrogens with zero attached hydrogens (tertiary/aromatic N) is 1. The third-order valence-electron chi connectivity index (χ3n) is 3.66. The molecule has 0 spiro atoms. The number of rotatable bonds is 8. The van der Waals surface area contributed by atoms with Gasteiger partial charge in [0, 0.05) is 25.9 Å². The summed E-state index contributed by atoms with van der Waals surface area (Å²) in [5.41, 5.74) is 2.51. The predicted octanol–water partition coefficient (Wildman–Crippen LogP) is 3.07. The molecular weight excluding hydrogens is 346 g/mol. The van der Waals surface area contributed by atoms with Crippen molar-refractivity contribution < 1.29 is 9.53 Å². The smallest absolute Gasteiger partial charge is 0.338 e. The van der Waals surface area contributed by atoms with E-state index in [4.69, 9.17) is 4.74 Å². The third-order valence-corrected chi connectivity index (χ3v) is 4.27. The molecule has 26 heavy (non-hydrogen) atoms. The van der Waals surface area contributed by atoms with Gasteiger partial charge in [0.15, 0.2) is 5.96 Å². The molecule has 2 rings (SSSR count). The Morgan fingerprint density at radius 3 is 2.58 bits per heavy atom. The van der Waals surface area contributed by atoms with Crippen LogP contribution in [-0.4, -0.2) is 37.5 Å². The predicted molar refractivity (Wildman–Crippen MR) is 109 cm³/mol. The summed E-state index contributed by atoms with van der Waals surface area (Å²) in [5.74, 6) is 1.44. The normalized spacial score (nSPS) is 11.1. The van der Waals surface area contributed by atoms with E-state index in [9.17, 15) is 4.79 Å². The second-order valence-electron chi connectivity index (χ2n) is 5.61. The zero-order valence-electron chi connectivity index (χ0n) is 15.2. The van der Waals surface area contributed by atoms with Gasteiger partial charge < -0.3 is 15.4 Å². The quantitative estimate of drug-likeness (QED) is 0.323. The molecule has 6 heteroatoms. The van der Waals surface area contributed by atoms with Crippen molar-refractivity contribution in [3.8, 4) is 0 Å². The van der Waals surface area contributed by atoms with E-state index in [2.05, 4.69) is 21.9 Å². The minimum absolute atomic E-state index is 0.272. The Kier molecular flexibility index (Phi) is 8.55. The van der Waals surface area contributed by atoms with Crippen LogP contribution in [0.1, 0.15) is 21.5 Å². The maximum absolute atomic E-state index is 12.3. The van der Waals surface area contributed by atoms with Gasteiger partial charge in [0.1, 0.15) is 6.61 Å². The second kappa shape index (κ2) is 11.2. The lowest BCUT2D eigenvalue weighted by Crippen LogP contribution is -2.37. The average molecular weight is 372 g/mol. The zero-order valence-corrected chi connectivity index (χ0v) is 16.0. The van der Waals surface area contributed by atoms with Crippen molar-refractivity contribution in [1.29, 1.82) is 0 Å². The number of carbonyl (C=O) groups excluding carboxylic acids is 1. The van der Waals surface area contributed by atoms with E-state index in [1.807, 2.05) is 48.5 Å². The molecule has 0 heterocycles. The van der Waals surface area contributed by atoms with Crippen LogP contribution in [0.15, 0.2) is 59.6 Å². The number of hydrogen-bond donors (Lipinski definition) is 2. The molecule has 0 aromatic heterocycles. The van der Waals surface area contributed by atoms with Gasteiger partial charge in [0.05, 0.1) is 5.56 Å². The molecule has 5 nitrogen and oxygen atoms in total. The van der Waals surface area contributed by atoms with Crippen molar-refractivity contribution in [1.82, 2.24) is 10.6 Å². The molecule has 0 aliphatic rings. The van der Waals surface area contributed by atoms with Crippen molar-refractivity contribution >= 4 is 23.7 Å². The summed E-state index contributed by atoms with van der Waals surface area (Å²) in [6.07, 6.45) is 2.07. The summed E-state index contributed by atoms with van der Waals surface area (Å²) in [7, 11) is 1.74. The van der Waals surface area contributed by atoms with Crippen LogP contribution in [0.4, 0.5) is 0 Å². The Labute approximate surface area is 159 Å². The van der Waals surface area contributed by atoms with E-state index < -0.39 is 0 Å². The highest BCUT2D eigenvalue weighted by atomic mass is 32.2. The van der Waals surface area contributed by atoms with Crippen LogP contribution >= 0.6 is 11.8 Å². The highest BCUT2D eigenvalue weighted by Crippen LogP contribution is 2.09. The number of aliphatic imine (C=N–C) groups is 1. The van der Waals surface area contributed by atoms with Crippen molar-refractivity contribution in [2.24, 2.45) is 4.99 Å². The fraction of sp³-hybridized carbons (Fsp3) is 0.300. The first kappa shape index (κ1) is 19.8. The Morgan fingerprint density at radius 1 is 1.08 bits per heavy atom. The van der Waals surface area contributed by atoms with Gasteiger partial charge in [0.25, 0.3) is 0 Å². The molecule has 2 aromatic rings. The topological polar surface area (TPSA) is 62.7 Å². The number of esters is 1. The Balaban J connectivity index is 1.87. The van der Waals surface area contributed by atoms with Gasteiger partial charge in [0.2, 0.25) is 0 Å². The van der Waals surface area contributed by atoms with Crippen LogP contribution in [-0.2, 0) is 17.9 Å². The lowest BCUT2D eigenvalue weighted by Gasteiger charge is -2.12. The SMILES string of the molecule is CN=C(NCCSC)NCc1cccc(C(=O)OCc2ccccc2)c1. The highest BCUT2D eigenvalue weighted by molar-refractivity contribution is 7.98. The number of ether oxygens (including phenoxy) is 1. The first-order chi connectivity index (χ1) is 12.7. The lowest BCUT2D eigenvalue weighted by atomic mass is 10.1. The van der Waals surface area contributed by atoms with E-state index >= 15 is 0 Å². The number of benzene rings is 2. The molecule has 0 saturated carbocycles. The molecule has 0 bridgehead atoms. The minimum Gasteiger partial charge on any atom is -0.457 e. The maximum atomic E-state index is 12.3. The standard InChI is InChI=1S/C20H25N3O2S/c1-21-20(22-11-12-26-2)23-14-17-9-6-10-18(13-17)19(24)25-15-16-7-4-3-5-8-16/h3-10,13H,11-12,14-15H2,1-2H3,(H2,21,22,23). The Bertz CT molecular complexity index is 720. The van der Waals surface area contributed by atoms with E-state index in [-0.39, 0.29) is 12.6 Å². The number of nitrogens with one attached hydrogen (secondary N) is 2. The zero-order chi connectivity index (χ0) is 18.6. The second-order valence-corrected chi connectivity index (χ2v) is 6.59. The summed E-state index contributed by atoms with van der Waals surface area (Å²) < 4.78 is 5.38. The van der Waals surface area contributed by atoms with E-state index in [1.54, 1.807) is 24.9 Å². The Hall–Kier alpha value is -2.47. The van der Waals surface area contributed by atoms with Crippen molar-refractivity contribution in [3.05, 3.63) is 71.3 Å².